The number of nitrogens with zero attached hydrogens (tertiary/aromatic N) is 2. The fourth-order valence-electron chi connectivity index (χ4n) is 3.21. The Balaban J connectivity index is 1.76. The average molecular weight is 391 g/mol. The Morgan fingerprint density at radius 3 is 2.07 bits per heavy atom. The number of carbonyl (C=O) groups excluding carboxylic acids is 2. The van der Waals surface area contributed by atoms with Gasteiger partial charge in [0.15, 0.2) is 0 Å². The number of rotatable bonds is 7. The SMILES string of the molecule is CCOc1ccc(NC(=O)CN2CCCN(CC(=O)NC(C)(C)C)CC2)cc1. The Morgan fingerprint density at radius 1 is 0.964 bits per heavy atom. The van der Waals surface area contributed by atoms with Gasteiger partial charge in [-0.15, -0.1) is 0 Å². The number of anilines is 1. The maximum atomic E-state index is 12.4. The quantitative estimate of drug-likeness (QED) is 0.744. The van der Waals surface area contributed by atoms with Crippen molar-refractivity contribution in [1.29, 1.82) is 0 Å². The van der Waals surface area contributed by atoms with Crippen LogP contribution >= 0.6 is 0 Å². The third-order valence-electron chi connectivity index (χ3n) is 4.38. The summed E-state index contributed by atoms with van der Waals surface area (Å²) in [5, 5.41) is 5.94. The van der Waals surface area contributed by atoms with Crippen molar-refractivity contribution in [2.45, 2.75) is 39.7 Å². The monoisotopic (exact) mass is 390 g/mol. The van der Waals surface area contributed by atoms with Crippen molar-refractivity contribution >= 4 is 17.5 Å². The van der Waals surface area contributed by atoms with Crippen LogP contribution in [0, 0.1) is 0 Å². The zero-order valence-electron chi connectivity index (χ0n) is 17.6. The molecule has 2 rings (SSSR count). The highest BCUT2D eigenvalue weighted by atomic mass is 16.5. The Hall–Kier alpha value is -2.12. The fourth-order valence-corrected chi connectivity index (χ4v) is 3.21. The molecule has 2 amide bonds. The van der Waals surface area contributed by atoms with E-state index >= 15 is 0 Å². The minimum Gasteiger partial charge on any atom is -0.494 e. The number of amides is 2. The molecule has 1 saturated heterocycles. The molecule has 0 spiro atoms. The maximum Gasteiger partial charge on any atom is 0.238 e. The first kappa shape index (κ1) is 22.2. The molecule has 0 aromatic heterocycles. The molecule has 0 aliphatic carbocycles. The van der Waals surface area contributed by atoms with Crippen molar-refractivity contribution in [1.82, 2.24) is 15.1 Å². The molecule has 0 saturated carbocycles. The lowest BCUT2D eigenvalue weighted by atomic mass is 10.1. The lowest BCUT2D eigenvalue weighted by molar-refractivity contribution is -0.123. The standard InChI is InChI=1S/C21H34N4O3/c1-5-28-18-9-7-17(8-10-18)22-19(26)15-24-11-6-12-25(14-13-24)16-20(27)23-21(2,3)4/h7-10H,5-6,11-16H2,1-4H3,(H,22,26)(H,23,27). The highest BCUT2D eigenvalue weighted by molar-refractivity contribution is 5.92. The first-order chi connectivity index (χ1) is 13.2. The van der Waals surface area contributed by atoms with E-state index in [-0.39, 0.29) is 17.4 Å². The maximum absolute atomic E-state index is 12.4. The molecule has 28 heavy (non-hydrogen) atoms. The van der Waals surface area contributed by atoms with Crippen LogP contribution in [-0.4, -0.2) is 73.0 Å². The van der Waals surface area contributed by atoms with E-state index < -0.39 is 0 Å². The van der Waals surface area contributed by atoms with E-state index in [9.17, 15) is 9.59 Å². The Kier molecular flexibility index (Phi) is 8.26. The predicted octanol–water partition coefficient (Wildman–Crippen LogP) is 1.95. The van der Waals surface area contributed by atoms with Crippen molar-refractivity contribution < 1.29 is 14.3 Å². The van der Waals surface area contributed by atoms with Crippen molar-refractivity contribution in [2.75, 3.05) is 51.2 Å². The van der Waals surface area contributed by atoms with Gasteiger partial charge in [-0.25, -0.2) is 0 Å². The number of carbonyl (C=O) groups is 2. The topological polar surface area (TPSA) is 73.9 Å². The first-order valence-electron chi connectivity index (χ1n) is 10.0. The molecule has 1 aliphatic rings. The molecule has 1 fully saturated rings. The first-order valence-corrected chi connectivity index (χ1v) is 10.0. The van der Waals surface area contributed by atoms with Crippen molar-refractivity contribution in [3.63, 3.8) is 0 Å². The number of nitrogens with one attached hydrogen (secondary N) is 2. The lowest BCUT2D eigenvalue weighted by Crippen LogP contribution is -2.46. The molecule has 156 valence electrons. The summed E-state index contributed by atoms with van der Waals surface area (Å²) in [5.74, 6) is 0.820. The van der Waals surface area contributed by atoms with Crippen LogP contribution in [0.15, 0.2) is 24.3 Å². The summed E-state index contributed by atoms with van der Waals surface area (Å²) in [6.07, 6.45) is 0.944. The van der Waals surface area contributed by atoms with Gasteiger partial charge in [0, 0.05) is 24.3 Å². The van der Waals surface area contributed by atoms with Crippen LogP contribution in [0.1, 0.15) is 34.1 Å². The normalized spacial score (nSPS) is 16.3. The molecule has 0 atom stereocenters. The highest BCUT2D eigenvalue weighted by Crippen LogP contribution is 2.15. The van der Waals surface area contributed by atoms with Gasteiger partial charge in [0.1, 0.15) is 5.75 Å². The second-order valence-corrected chi connectivity index (χ2v) is 8.21. The van der Waals surface area contributed by atoms with E-state index in [0.717, 1.165) is 44.0 Å². The molecule has 7 heteroatoms. The van der Waals surface area contributed by atoms with Gasteiger partial charge in [-0.2, -0.15) is 0 Å². The van der Waals surface area contributed by atoms with E-state index in [0.29, 0.717) is 19.7 Å². The molecule has 0 unspecified atom stereocenters. The second kappa shape index (κ2) is 10.4. The Bertz CT molecular complexity index is 640. The Labute approximate surface area is 168 Å². The minimum atomic E-state index is -0.214. The summed E-state index contributed by atoms with van der Waals surface area (Å²) in [6, 6.07) is 7.40. The largest absolute Gasteiger partial charge is 0.494 e. The van der Waals surface area contributed by atoms with E-state index in [1.54, 1.807) is 0 Å². The molecular formula is C21H34N4O3. The zero-order chi connectivity index (χ0) is 20.6. The second-order valence-electron chi connectivity index (χ2n) is 8.21. The molecule has 1 aliphatic heterocycles. The highest BCUT2D eigenvalue weighted by Gasteiger charge is 2.20. The number of benzene rings is 1. The van der Waals surface area contributed by atoms with Crippen LogP contribution < -0.4 is 15.4 Å². The summed E-state index contributed by atoms with van der Waals surface area (Å²) in [6.45, 7) is 12.6. The van der Waals surface area contributed by atoms with Crippen LogP contribution in [0.5, 0.6) is 5.75 Å². The van der Waals surface area contributed by atoms with Gasteiger partial charge >= 0.3 is 0 Å². The van der Waals surface area contributed by atoms with Crippen molar-refractivity contribution in [3.05, 3.63) is 24.3 Å². The fraction of sp³-hybridized carbons (Fsp3) is 0.619. The van der Waals surface area contributed by atoms with Crippen LogP contribution in [0.3, 0.4) is 0 Å². The number of ether oxygens (including phenoxy) is 1. The summed E-state index contributed by atoms with van der Waals surface area (Å²) in [5.41, 5.74) is 0.553. The summed E-state index contributed by atoms with van der Waals surface area (Å²) < 4.78 is 5.41. The number of hydrogen-bond acceptors (Lipinski definition) is 5. The molecule has 0 bridgehead atoms. The zero-order valence-corrected chi connectivity index (χ0v) is 17.6. The summed E-state index contributed by atoms with van der Waals surface area (Å²) >= 11 is 0. The van der Waals surface area contributed by atoms with Gasteiger partial charge < -0.3 is 15.4 Å². The van der Waals surface area contributed by atoms with Gasteiger partial charge in [0.25, 0.3) is 0 Å². The van der Waals surface area contributed by atoms with Gasteiger partial charge in [0.05, 0.1) is 19.7 Å². The molecular weight excluding hydrogens is 356 g/mol. The summed E-state index contributed by atoms with van der Waals surface area (Å²) in [7, 11) is 0. The van der Waals surface area contributed by atoms with Crippen LogP contribution in [-0.2, 0) is 9.59 Å². The lowest BCUT2D eigenvalue weighted by Gasteiger charge is -2.25. The van der Waals surface area contributed by atoms with E-state index in [2.05, 4.69) is 20.4 Å². The average Bonchev–Trinajstić information content (AvgIpc) is 2.80. The van der Waals surface area contributed by atoms with Gasteiger partial charge in [0.2, 0.25) is 11.8 Å². The van der Waals surface area contributed by atoms with Gasteiger partial charge in [-0.05, 0) is 71.5 Å². The molecule has 0 radical (unpaired) electrons. The number of hydrogen-bond donors (Lipinski definition) is 2. The van der Waals surface area contributed by atoms with Crippen LogP contribution in [0.2, 0.25) is 0 Å². The molecule has 1 aromatic rings. The smallest absolute Gasteiger partial charge is 0.238 e. The third kappa shape index (κ3) is 8.27. The van der Waals surface area contributed by atoms with E-state index in [4.69, 9.17) is 4.74 Å². The minimum absolute atomic E-state index is 0.0249. The van der Waals surface area contributed by atoms with Crippen molar-refractivity contribution in [2.24, 2.45) is 0 Å². The van der Waals surface area contributed by atoms with Gasteiger partial charge in [-0.3, -0.25) is 19.4 Å². The molecule has 7 nitrogen and oxygen atoms in total. The molecule has 1 aromatic carbocycles. The third-order valence-corrected chi connectivity index (χ3v) is 4.38. The van der Waals surface area contributed by atoms with Crippen molar-refractivity contribution in [3.8, 4) is 5.75 Å². The molecule has 2 N–H and O–H groups in total. The van der Waals surface area contributed by atoms with Crippen LogP contribution in [0.25, 0.3) is 0 Å². The van der Waals surface area contributed by atoms with Crippen LogP contribution in [0.4, 0.5) is 5.69 Å². The van der Waals surface area contributed by atoms with E-state index in [1.807, 2.05) is 52.0 Å². The Morgan fingerprint density at radius 2 is 1.54 bits per heavy atom. The van der Waals surface area contributed by atoms with Gasteiger partial charge in [-0.1, -0.05) is 0 Å². The summed E-state index contributed by atoms with van der Waals surface area (Å²) in [4.78, 5) is 28.8. The predicted molar refractivity (Wildman–Crippen MR) is 112 cm³/mol. The van der Waals surface area contributed by atoms with E-state index in [1.165, 1.54) is 0 Å². The molecule has 1 heterocycles.